The lowest BCUT2D eigenvalue weighted by Gasteiger charge is -2.15. The molecule has 1 heterocycles. The van der Waals surface area contributed by atoms with Gasteiger partial charge < -0.3 is 15.2 Å². The highest BCUT2D eigenvalue weighted by atomic mass is 35.5. The largest absolute Gasteiger partial charge is 0.381 e. The summed E-state index contributed by atoms with van der Waals surface area (Å²) in [6, 6.07) is 14.4. The first kappa shape index (κ1) is 13.8. The highest BCUT2D eigenvalue weighted by Crippen LogP contribution is 2.28. The Balaban J connectivity index is 1.77. The number of fused-ring (bicyclic) bond motifs is 1. The van der Waals surface area contributed by atoms with E-state index >= 15 is 0 Å². The fraction of sp³-hybridized carbons (Fsp3) is 0.176. The van der Waals surface area contributed by atoms with Gasteiger partial charge in [-0.3, -0.25) is 0 Å². The van der Waals surface area contributed by atoms with E-state index in [4.69, 9.17) is 11.6 Å². The van der Waals surface area contributed by atoms with Crippen molar-refractivity contribution in [3.8, 4) is 0 Å². The molecule has 0 bridgehead atoms. The Bertz CT molecular complexity index is 762. The SMILES string of the molecule is CN(C)c1ccc(NCc2c[nH]c3ccccc23)cc1Cl. The molecule has 2 N–H and O–H groups in total. The van der Waals surface area contributed by atoms with Crippen molar-refractivity contribution < 1.29 is 0 Å². The van der Waals surface area contributed by atoms with Gasteiger partial charge >= 0.3 is 0 Å². The first-order chi connectivity index (χ1) is 10.1. The lowest BCUT2D eigenvalue weighted by Crippen LogP contribution is -2.09. The molecule has 1 aromatic heterocycles. The maximum atomic E-state index is 6.29. The van der Waals surface area contributed by atoms with Crippen molar-refractivity contribution in [1.82, 2.24) is 4.98 Å². The third-order valence-corrected chi connectivity index (χ3v) is 3.89. The minimum atomic E-state index is 0.754. The molecule has 0 aliphatic heterocycles. The lowest BCUT2D eigenvalue weighted by atomic mass is 10.1. The van der Waals surface area contributed by atoms with E-state index in [-0.39, 0.29) is 0 Å². The number of rotatable bonds is 4. The number of halogens is 1. The van der Waals surface area contributed by atoms with Gasteiger partial charge in [0.2, 0.25) is 0 Å². The van der Waals surface area contributed by atoms with Gasteiger partial charge in [-0.1, -0.05) is 29.8 Å². The molecule has 0 unspecified atom stereocenters. The Morgan fingerprint density at radius 2 is 1.95 bits per heavy atom. The molecule has 0 aliphatic carbocycles. The lowest BCUT2D eigenvalue weighted by molar-refractivity contribution is 1.13. The first-order valence-electron chi connectivity index (χ1n) is 6.91. The Morgan fingerprint density at radius 1 is 1.14 bits per heavy atom. The van der Waals surface area contributed by atoms with Crippen molar-refractivity contribution in [2.45, 2.75) is 6.54 Å². The summed E-state index contributed by atoms with van der Waals surface area (Å²) >= 11 is 6.29. The van der Waals surface area contributed by atoms with E-state index < -0.39 is 0 Å². The van der Waals surface area contributed by atoms with Crippen LogP contribution in [0.25, 0.3) is 10.9 Å². The van der Waals surface area contributed by atoms with E-state index in [2.05, 4.69) is 34.6 Å². The maximum Gasteiger partial charge on any atom is 0.0659 e. The van der Waals surface area contributed by atoms with Crippen LogP contribution in [-0.4, -0.2) is 19.1 Å². The number of hydrogen-bond donors (Lipinski definition) is 2. The molecule has 0 fully saturated rings. The number of para-hydroxylation sites is 1. The Labute approximate surface area is 129 Å². The van der Waals surface area contributed by atoms with Crippen LogP contribution in [0.4, 0.5) is 11.4 Å². The fourth-order valence-corrected chi connectivity index (χ4v) is 2.80. The average molecular weight is 300 g/mol. The number of aromatic nitrogens is 1. The summed E-state index contributed by atoms with van der Waals surface area (Å²) in [5.74, 6) is 0. The van der Waals surface area contributed by atoms with Crippen LogP contribution in [0.15, 0.2) is 48.7 Å². The number of anilines is 2. The molecule has 4 heteroatoms. The Hall–Kier alpha value is -2.13. The van der Waals surface area contributed by atoms with E-state index in [1.54, 1.807) is 0 Å². The van der Waals surface area contributed by atoms with Crippen LogP contribution in [-0.2, 0) is 6.54 Å². The molecule has 0 saturated heterocycles. The third kappa shape index (κ3) is 2.83. The molecule has 3 aromatic rings. The molecule has 0 aliphatic rings. The topological polar surface area (TPSA) is 31.1 Å². The summed E-state index contributed by atoms with van der Waals surface area (Å²) in [4.78, 5) is 5.29. The zero-order valence-electron chi connectivity index (χ0n) is 12.2. The van der Waals surface area contributed by atoms with Gasteiger partial charge in [0.1, 0.15) is 0 Å². The van der Waals surface area contributed by atoms with Crippen LogP contribution < -0.4 is 10.2 Å². The smallest absolute Gasteiger partial charge is 0.0659 e. The second kappa shape index (κ2) is 5.70. The van der Waals surface area contributed by atoms with Crippen LogP contribution in [0.2, 0.25) is 5.02 Å². The van der Waals surface area contributed by atoms with Crippen molar-refractivity contribution in [2.24, 2.45) is 0 Å². The minimum Gasteiger partial charge on any atom is -0.381 e. The zero-order valence-corrected chi connectivity index (χ0v) is 12.9. The highest BCUT2D eigenvalue weighted by Gasteiger charge is 2.05. The molecule has 3 rings (SSSR count). The monoisotopic (exact) mass is 299 g/mol. The van der Waals surface area contributed by atoms with Gasteiger partial charge in [0, 0.05) is 43.4 Å². The van der Waals surface area contributed by atoms with Gasteiger partial charge in [0.25, 0.3) is 0 Å². The summed E-state index contributed by atoms with van der Waals surface area (Å²) < 4.78 is 0. The molecule has 0 amide bonds. The van der Waals surface area contributed by atoms with Crippen LogP contribution >= 0.6 is 11.6 Å². The standard InChI is InChI=1S/C17H18ClN3/c1-21(2)17-8-7-13(9-15(17)18)19-10-12-11-20-16-6-4-3-5-14(12)16/h3-9,11,19-20H,10H2,1-2H3. The molecule has 3 nitrogen and oxygen atoms in total. The van der Waals surface area contributed by atoms with Crippen molar-refractivity contribution in [1.29, 1.82) is 0 Å². The molecular weight excluding hydrogens is 282 g/mol. The average Bonchev–Trinajstić information content (AvgIpc) is 2.88. The minimum absolute atomic E-state index is 0.754. The van der Waals surface area contributed by atoms with Crippen LogP contribution in [0.3, 0.4) is 0 Å². The van der Waals surface area contributed by atoms with Crippen LogP contribution in [0.1, 0.15) is 5.56 Å². The molecule has 0 saturated carbocycles. The molecule has 2 aromatic carbocycles. The van der Waals surface area contributed by atoms with E-state index in [9.17, 15) is 0 Å². The normalized spacial score (nSPS) is 10.8. The molecule has 108 valence electrons. The fourth-order valence-electron chi connectivity index (χ4n) is 2.45. The van der Waals surface area contributed by atoms with E-state index in [1.165, 1.54) is 10.9 Å². The summed E-state index contributed by atoms with van der Waals surface area (Å²) in [6.07, 6.45) is 2.05. The van der Waals surface area contributed by atoms with E-state index in [1.807, 2.05) is 43.4 Å². The number of aromatic amines is 1. The molecule has 0 atom stereocenters. The quantitative estimate of drug-likeness (QED) is 0.743. The van der Waals surface area contributed by atoms with Crippen molar-refractivity contribution in [3.05, 3.63) is 59.2 Å². The van der Waals surface area contributed by atoms with Gasteiger partial charge in [-0.05, 0) is 29.8 Å². The van der Waals surface area contributed by atoms with Crippen molar-refractivity contribution in [3.63, 3.8) is 0 Å². The van der Waals surface area contributed by atoms with Crippen molar-refractivity contribution in [2.75, 3.05) is 24.3 Å². The second-order valence-electron chi connectivity index (χ2n) is 5.27. The molecule has 0 spiro atoms. The molecule has 21 heavy (non-hydrogen) atoms. The predicted octanol–water partition coefficient (Wildman–Crippen LogP) is 4.50. The number of hydrogen-bond acceptors (Lipinski definition) is 2. The number of nitrogens with one attached hydrogen (secondary N) is 2. The van der Waals surface area contributed by atoms with Crippen LogP contribution in [0.5, 0.6) is 0 Å². The van der Waals surface area contributed by atoms with E-state index in [0.29, 0.717) is 0 Å². The number of benzene rings is 2. The highest BCUT2D eigenvalue weighted by molar-refractivity contribution is 6.33. The molecule has 0 radical (unpaired) electrons. The summed E-state index contributed by atoms with van der Waals surface area (Å²) in [5, 5.41) is 5.43. The zero-order chi connectivity index (χ0) is 14.8. The Kier molecular flexibility index (Phi) is 3.76. The predicted molar refractivity (Wildman–Crippen MR) is 91.4 cm³/mol. The second-order valence-corrected chi connectivity index (χ2v) is 5.68. The maximum absolute atomic E-state index is 6.29. The first-order valence-corrected chi connectivity index (χ1v) is 7.28. The van der Waals surface area contributed by atoms with E-state index in [0.717, 1.165) is 28.5 Å². The summed E-state index contributed by atoms with van der Waals surface area (Å²) in [5.41, 5.74) is 4.46. The Morgan fingerprint density at radius 3 is 2.71 bits per heavy atom. The van der Waals surface area contributed by atoms with Gasteiger partial charge in [-0.2, -0.15) is 0 Å². The van der Waals surface area contributed by atoms with Crippen LogP contribution in [0, 0.1) is 0 Å². The summed E-state index contributed by atoms with van der Waals surface area (Å²) in [7, 11) is 3.97. The molecular formula is C17H18ClN3. The van der Waals surface area contributed by atoms with Gasteiger partial charge in [0.05, 0.1) is 10.7 Å². The number of H-pyrrole nitrogens is 1. The van der Waals surface area contributed by atoms with Gasteiger partial charge in [-0.15, -0.1) is 0 Å². The third-order valence-electron chi connectivity index (χ3n) is 3.59. The summed E-state index contributed by atoms with van der Waals surface area (Å²) in [6.45, 7) is 0.766. The number of nitrogens with zero attached hydrogens (tertiary/aromatic N) is 1. The van der Waals surface area contributed by atoms with Gasteiger partial charge in [-0.25, -0.2) is 0 Å². The van der Waals surface area contributed by atoms with Gasteiger partial charge in [0.15, 0.2) is 0 Å². The van der Waals surface area contributed by atoms with Crippen molar-refractivity contribution >= 4 is 33.9 Å².